The lowest BCUT2D eigenvalue weighted by Gasteiger charge is -2.25. The Kier molecular flexibility index (Phi) is 3.94. The highest BCUT2D eigenvalue weighted by molar-refractivity contribution is 6.17. The number of benzene rings is 1. The van der Waals surface area contributed by atoms with E-state index in [1.54, 1.807) is 7.11 Å². The molecule has 0 aromatic heterocycles. The number of hydrogen-bond donors (Lipinski definition) is 0. The Hall–Kier alpha value is -0.890. The number of halogens is 1. The van der Waals surface area contributed by atoms with Gasteiger partial charge in [-0.25, -0.2) is 0 Å². The smallest absolute Gasteiger partial charge is 0.161 e. The van der Waals surface area contributed by atoms with Crippen LogP contribution in [-0.2, 0) is 5.88 Å². The van der Waals surface area contributed by atoms with Gasteiger partial charge < -0.3 is 9.47 Å². The molecule has 0 saturated heterocycles. The fraction of sp³-hybridized carbons (Fsp3) is 0.538. The second-order valence-electron chi connectivity index (χ2n) is 4.23. The van der Waals surface area contributed by atoms with Crippen LogP contribution in [-0.4, -0.2) is 13.7 Å². The lowest BCUT2D eigenvalue weighted by Crippen LogP contribution is -2.19. The number of ether oxygens (including phenoxy) is 2. The zero-order valence-electron chi connectivity index (χ0n) is 9.54. The second-order valence-corrected chi connectivity index (χ2v) is 4.49. The molecule has 0 N–H and O–H groups in total. The summed E-state index contributed by atoms with van der Waals surface area (Å²) in [7, 11) is 1.66. The molecule has 2 rings (SSSR count). The second kappa shape index (κ2) is 5.44. The van der Waals surface area contributed by atoms with Gasteiger partial charge in [-0.2, -0.15) is 0 Å². The molecule has 1 fully saturated rings. The van der Waals surface area contributed by atoms with Crippen molar-refractivity contribution in [2.45, 2.75) is 25.1 Å². The summed E-state index contributed by atoms with van der Waals surface area (Å²) in [5.41, 5.74) is 1.05. The number of methoxy groups -OCH3 is 1. The van der Waals surface area contributed by atoms with Crippen molar-refractivity contribution in [3.63, 3.8) is 0 Å². The first-order chi connectivity index (χ1) is 7.83. The van der Waals surface area contributed by atoms with Crippen molar-refractivity contribution < 1.29 is 9.47 Å². The summed E-state index contributed by atoms with van der Waals surface area (Å²) < 4.78 is 11.1. The van der Waals surface area contributed by atoms with Crippen LogP contribution in [0.15, 0.2) is 18.2 Å². The van der Waals surface area contributed by atoms with Crippen LogP contribution in [0, 0.1) is 5.92 Å². The molecule has 0 unspecified atom stereocenters. The molecule has 1 aliphatic carbocycles. The van der Waals surface area contributed by atoms with Gasteiger partial charge in [0.2, 0.25) is 0 Å². The molecule has 0 radical (unpaired) electrons. The van der Waals surface area contributed by atoms with E-state index in [1.807, 2.05) is 18.2 Å². The van der Waals surface area contributed by atoms with E-state index in [2.05, 4.69) is 0 Å². The Morgan fingerprint density at radius 1 is 1.31 bits per heavy atom. The third-order valence-electron chi connectivity index (χ3n) is 3.08. The van der Waals surface area contributed by atoms with Crippen molar-refractivity contribution in [1.29, 1.82) is 0 Å². The van der Waals surface area contributed by atoms with E-state index in [4.69, 9.17) is 21.1 Å². The van der Waals surface area contributed by atoms with Crippen LogP contribution in [0.25, 0.3) is 0 Å². The van der Waals surface area contributed by atoms with Crippen LogP contribution in [0.3, 0.4) is 0 Å². The number of alkyl halides is 1. The maximum atomic E-state index is 5.77. The molecular weight excluding hydrogens is 224 g/mol. The summed E-state index contributed by atoms with van der Waals surface area (Å²) in [4.78, 5) is 0. The molecule has 0 atom stereocenters. The first kappa shape index (κ1) is 11.6. The van der Waals surface area contributed by atoms with E-state index >= 15 is 0 Å². The lowest BCUT2D eigenvalue weighted by atomic mass is 9.86. The molecular formula is C13H17ClO2. The third-order valence-corrected chi connectivity index (χ3v) is 3.39. The molecule has 0 amide bonds. The molecule has 0 aliphatic heterocycles. The molecule has 2 nitrogen and oxygen atoms in total. The molecule has 3 heteroatoms. The van der Waals surface area contributed by atoms with Gasteiger partial charge in [0.1, 0.15) is 0 Å². The number of rotatable bonds is 5. The number of hydrogen-bond acceptors (Lipinski definition) is 2. The molecule has 1 aromatic carbocycles. The van der Waals surface area contributed by atoms with Crippen molar-refractivity contribution in [2.75, 3.05) is 13.7 Å². The average molecular weight is 241 g/mol. The van der Waals surface area contributed by atoms with E-state index in [-0.39, 0.29) is 0 Å². The normalized spacial score (nSPS) is 15.6. The predicted octanol–water partition coefficient (Wildman–Crippen LogP) is 3.61. The predicted molar refractivity (Wildman–Crippen MR) is 65.4 cm³/mol. The minimum absolute atomic E-state index is 0.499. The van der Waals surface area contributed by atoms with Crippen LogP contribution in [0.1, 0.15) is 24.8 Å². The quantitative estimate of drug-likeness (QED) is 0.732. The summed E-state index contributed by atoms with van der Waals surface area (Å²) in [5, 5.41) is 0. The van der Waals surface area contributed by atoms with Gasteiger partial charge in [-0.3, -0.25) is 0 Å². The highest BCUT2D eigenvalue weighted by atomic mass is 35.5. The summed E-state index contributed by atoms with van der Waals surface area (Å²) in [6, 6.07) is 5.85. The molecule has 1 aliphatic rings. The zero-order chi connectivity index (χ0) is 11.4. The van der Waals surface area contributed by atoms with Crippen LogP contribution < -0.4 is 9.47 Å². The van der Waals surface area contributed by atoms with Crippen molar-refractivity contribution in [2.24, 2.45) is 5.92 Å². The van der Waals surface area contributed by atoms with E-state index in [9.17, 15) is 0 Å². The Bertz CT molecular complexity index is 348. The minimum atomic E-state index is 0.499. The van der Waals surface area contributed by atoms with Crippen molar-refractivity contribution >= 4 is 11.6 Å². The monoisotopic (exact) mass is 240 g/mol. The Morgan fingerprint density at radius 2 is 2.12 bits per heavy atom. The van der Waals surface area contributed by atoms with Gasteiger partial charge in [-0.05, 0) is 36.5 Å². The molecule has 0 spiro atoms. The molecule has 1 saturated carbocycles. The molecule has 16 heavy (non-hydrogen) atoms. The largest absolute Gasteiger partial charge is 0.493 e. The summed E-state index contributed by atoms with van der Waals surface area (Å²) in [6.07, 6.45) is 3.93. The van der Waals surface area contributed by atoms with Crippen LogP contribution in [0.4, 0.5) is 0 Å². The molecule has 0 heterocycles. The topological polar surface area (TPSA) is 18.5 Å². The first-order valence-electron chi connectivity index (χ1n) is 5.69. The first-order valence-corrected chi connectivity index (χ1v) is 6.22. The van der Waals surface area contributed by atoms with Gasteiger partial charge in [0, 0.05) is 5.88 Å². The van der Waals surface area contributed by atoms with Crippen molar-refractivity contribution in [3.8, 4) is 11.5 Å². The Morgan fingerprint density at radius 3 is 2.69 bits per heavy atom. The van der Waals surface area contributed by atoms with Gasteiger partial charge in [0.15, 0.2) is 11.5 Å². The molecule has 88 valence electrons. The fourth-order valence-electron chi connectivity index (χ4n) is 1.78. The van der Waals surface area contributed by atoms with Gasteiger partial charge in [0.25, 0.3) is 0 Å². The fourth-order valence-corrected chi connectivity index (χ4v) is 1.95. The van der Waals surface area contributed by atoms with E-state index in [1.165, 1.54) is 19.3 Å². The zero-order valence-corrected chi connectivity index (χ0v) is 10.3. The van der Waals surface area contributed by atoms with Gasteiger partial charge in [-0.15, -0.1) is 11.6 Å². The van der Waals surface area contributed by atoms with Crippen molar-refractivity contribution in [3.05, 3.63) is 23.8 Å². The highest BCUT2D eigenvalue weighted by Gasteiger charge is 2.18. The SMILES string of the molecule is COc1cc(CCl)ccc1OCC1CCC1. The minimum Gasteiger partial charge on any atom is -0.493 e. The average Bonchev–Trinajstić information content (AvgIpc) is 2.27. The van der Waals surface area contributed by atoms with Crippen LogP contribution in [0.5, 0.6) is 11.5 Å². The van der Waals surface area contributed by atoms with Gasteiger partial charge in [0.05, 0.1) is 13.7 Å². The Balaban J connectivity index is 2.00. The summed E-state index contributed by atoms with van der Waals surface area (Å²) >= 11 is 5.77. The molecule has 1 aromatic rings. The van der Waals surface area contributed by atoms with E-state index < -0.39 is 0 Å². The molecule has 0 bridgehead atoms. The Labute approximate surface area is 102 Å². The maximum absolute atomic E-state index is 5.77. The van der Waals surface area contributed by atoms with E-state index in [0.29, 0.717) is 5.88 Å². The van der Waals surface area contributed by atoms with Crippen LogP contribution in [0.2, 0.25) is 0 Å². The van der Waals surface area contributed by atoms with Crippen LogP contribution >= 0.6 is 11.6 Å². The summed E-state index contributed by atoms with van der Waals surface area (Å²) in [5.74, 6) is 2.83. The van der Waals surface area contributed by atoms with Gasteiger partial charge in [-0.1, -0.05) is 12.5 Å². The van der Waals surface area contributed by atoms with E-state index in [0.717, 1.165) is 29.6 Å². The van der Waals surface area contributed by atoms with Crippen molar-refractivity contribution in [1.82, 2.24) is 0 Å². The highest BCUT2D eigenvalue weighted by Crippen LogP contribution is 2.32. The standard InChI is InChI=1S/C13H17ClO2/c1-15-13-7-11(8-14)5-6-12(13)16-9-10-3-2-4-10/h5-7,10H,2-4,8-9H2,1H3. The van der Waals surface area contributed by atoms with Gasteiger partial charge >= 0.3 is 0 Å². The third kappa shape index (κ3) is 2.62. The maximum Gasteiger partial charge on any atom is 0.161 e. The summed E-state index contributed by atoms with van der Waals surface area (Å²) in [6.45, 7) is 0.802. The lowest BCUT2D eigenvalue weighted by molar-refractivity contribution is 0.176.